The van der Waals surface area contributed by atoms with Crippen LogP contribution < -0.4 is 10.6 Å². The summed E-state index contributed by atoms with van der Waals surface area (Å²) in [5.74, 6) is -2.39. The lowest BCUT2D eigenvalue weighted by atomic mass is 10.1. The second-order valence-corrected chi connectivity index (χ2v) is 4.20. The predicted molar refractivity (Wildman–Crippen MR) is 64.1 cm³/mol. The van der Waals surface area contributed by atoms with Gasteiger partial charge in [-0.1, -0.05) is 0 Å². The number of nitrogens with one attached hydrogen (secondary N) is 2. The summed E-state index contributed by atoms with van der Waals surface area (Å²) in [7, 11) is 1.49. The average molecular weight is 273 g/mol. The molecule has 2 rings (SSSR count). The number of anilines is 1. The molecule has 0 radical (unpaired) electrons. The van der Waals surface area contributed by atoms with Gasteiger partial charge in [0.25, 0.3) is 5.69 Å². The van der Waals surface area contributed by atoms with Gasteiger partial charge in [0, 0.05) is 26.3 Å². The summed E-state index contributed by atoms with van der Waals surface area (Å²) in [5, 5.41) is 16.5. The quantitative estimate of drug-likeness (QED) is 0.638. The van der Waals surface area contributed by atoms with Gasteiger partial charge in [0.1, 0.15) is 0 Å². The van der Waals surface area contributed by atoms with Crippen molar-refractivity contribution in [1.82, 2.24) is 5.32 Å². The fourth-order valence-corrected chi connectivity index (χ4v) is 2.06. The Morgan fingerprint density at radius 3 is 2.84 bits per heavy atom. The molecule has 1 heterocycles. The fraction of sp³-hybridized carbons (Fsp3) is 0.455. The van der Waals surface area contributed by atoms with Crippen LogP contribution in [0.2, 0.25) is 0 Å². The molecule has 1 fully saturated rings. The maximum Gasteiger partial charge on any atom is 0.295 e. The molecule has 1 saturated heterocycles. The van der Waals surface area contributed by atoms with Gasteiger partial charge in [-0.2, -0.15) is 0 Å². The zero-order valence-electron chi connectivity index (χ0n) is 10.2. The van der Waals surface area contributed by atoms with Crippen LogP contribution >= 0.6 is 0 Å². The lowest BCUT2D eigenvalue weighted by Gasteiger charge is -2.20. The molecule has 104 valence electrons. The van der Waals surface area contributed by atoms with Crippen LogP contribution in [0.5, 0.6) is 0 Å². The highest BCUT2D eigenvalue weighted by Gasteiger charge is 2.31. The van der Waals surface area contributed by atoms with Crippen LogP contribution in [0.1, 0.15) is 0 Å². The first-order chi connectivity index (χ1) is 9.04. The molecule has 8 heteroatoms. The minimum Gasteiger partial charge on any atom is -0.378 e. The summed E-state index contributed by atoms with van der Waals surface area (Å²) in [5.41, 5.74) is -0.943. The van der Waals surface area contributed by atoms with Gasteiger partial charge >= 0.3 is 0 Å². The van der Waals surface area contributed by atoms with E-state index in [9.17, 15) is 18.9 Å². The molecular weight excluding hydrogens is 260 g/mol. The van der Waals surface area contributed by atoms with E-state index in [1.54, 1.807) is 0 Å². The number of nitrogens with zero attached hydrogens (tertiary/aromatic N) is 1. The van der Waals surface area contributed by atoms with Crippen molar-refractivity contribution in [2.24, 2.45) is 0 Å². The highest BCUT2D eigenvalue weighted by Crippen LogP contribution is 2.30. The van der Waals surface area contributed by atoms with E-state index in [0.717, 1.165) is 12.1 Å². The number of hydrogen-bond donors (Lipinski definition) is 2. The van der Waals surface area contributed by atoms with E-state index in [2.05, 4.69) is 10.6 Å². The minimum atomic E-state index is -1.25. The van der Waals surface area contributed by atoms with Gasteiger partial charge in [0.05, 0.1) is 17.1 Å². The normalized spacial score (nSPS) is 22.5. The zero-order chi connectivity index (χ0) is 14.0. The molecule has 1 unspecified atom stereocenters. The molecular formula is C11H13F2N3O3. The first kappa shape index (κ1) is 13.6. The molecule has 0 bridgehead atoms. The zero-order valence-corrected chi connectivity index (χ0v) is 10.2. The third-order valence-electron chi connectivity index (χ3n) is 3.06. The van der Waals surface area contributed by atoms with Crippen LogP contribution in [0.4, 0.5) is 20.2 Å². The number of nitro benzene ring substituents is 1. The third-order valence-corrected chi connectivity index (χ3v) is 3.06. The Balaban J connectivity index is 2.32. The Bertz CT molecular complexity index is 498. The van der Waals surface area contributed by atoms with Crippen molar-refractivity contribution >= 4 is 11.4 Å². The number of nitro groups is 1. The van der Waals surface area contributed by atoms with Crippen molar-refractivity contribution in [3.63, 3.8) is 0 Å². The van der Waals surface area contributed by atoms with Gasteiger partial charge in [0.15, 0.2) is 17.3 Å². The maximum absolute atomic E-state index is 13.7. The van der Waals surface area contributed by atoms with Gasteiger partial charge in [-0.3, -0.25) is 10.1 Å². The van der Waals surface area contributed by atoms with Crippen LogP contribution in [-0.2, 0) is 4.74 Å². The van der Waals surface area contributed by atoms with Crippen LogP contribution in [-0.4, -0.2) is 37.3 Å². The molecule has 0 aliphatic carbocycles. The predicted octanol–water partition coefficient (Wildman–Crippen LogP) is 1.27. The van der Waals surface area contributed by atoms with Crippen molar-refractivity contribution in [3.8, 4) is 0 Å². The average Bonchev–Trinajstić information content (AvgIpc) is 2.82. The molecule has 2 atom stereocenters. The number of rotatable bonds is 4. The third kappa shape index (κ3) is 2.64. The van der Waals surface area contributed by atoms with Crippen molar-refractivity contribution in [2.45, 2.75) is 12.1 Å². The largest absolute Gasteiger partial charge is 0.378 e. The second kappa shape index (κ2) is 5.45. The summed E-state index contributed by atoms with van der Waals surface area (Å²) in [6.07, 6.45) is -0.262. The number of benzene rings is 1. The Kier molecular flexibility index (Phi) is 3.91. The van der Waals surface area contributed by atoms with E-state index in [4.69, 9.17) is 4.74 Å². The summed E-state index contributed by atoms with van der Waals surface area (Å²) in [4.78, 5) is 10.1. The Morgan fingerprint density at radius 1 is 1.47 bits per heavy atom. The monoisotopic (exact) mass is 273 g/mol. The molecule has 19 heavy (non-hydrogen) atoms. The van der Waals surface area contributed by atoms with Gasteiger partial charge in [-0.05, 0) is 6.07 Å². The molecule has 0 aromatic heterocycles. The lowest BCUT2D eigenvalue weighted by Crippen LogP contribution is -2.34. The number of methoxy groups -OCH3 is 1. The van der Waals surface area contributed by atoms with Gasteiger partial charge in [-0.15, -0.1) is 0 Å². The minimum absolute atomic E-state index is 0.262. The highest BCUT2D eigenvalue weighted by atomic mass is 19.2. The molecule has 1 aliphatic heterocycles. The summed E-state index contributed by atoms with van der Waals surface area (Å²) >= 11 is 0. The van der Waals surface area contributed by atoms with Crippen LogP contribution in [0.3, 0.4) is 0 Å². The number of hydrogen-bond acceptors (Lipinski definition) is 5. The molecule has 1 aromatic rings. The number of halogens is 2. The van der Waals surface area contributed by atoms with Crippen LogP contribution in [0.25, 0.3) is 0 Å². The van der Waals surface area contributed by atoms with Crippen molar-refractivity contribution < 1.29 is 18.4 Å². The topological polar surface area (TPSA) is 76.4 Å². The van der Waals surface area contributed by atoms with Crippen molar-refractivity contribution in [3.05, 3.63) is 33.9 Å². The van der Waals surface area contributed by atoms with Crippen molar-refractivity contribution in [1.29, 1.82) is 0 Å². The van der Waals surface area contributed by atoms with E-state index in [0.29, 0.717) is 13.1 Å². The van der Waals surface area contributed by atoms with E-state index >= 15 is 0 Å². The van der Waals surface area contributed by atoms with Gasteiger partial charge < -0.3 is 15.4 Å². The Hall–Kier alpha value is -1.80. The molecule has 0 saturated carbocycles. The first-order valence-corrected chi connectivity index (χ1v) is 5.67. The molecule has 0 amide bonds. The van der Waals surface area contributed by atoms with Crippen molar-refractivity contribution in [2.75, 3.05) is 25.5 Å². The fourth-order valence-electron chi connectivity index (χ4n) is 2.06. The summed E-state index contributed by atoms with van der Waals surface area (Å²) in [6.45, 7) is 0.991. The lowest BCUT2D eigenvalue weighted by molar-refractivity contribution is -0.384. The van der Waals surface area contributed by atoms with Gasteiger partial charge in [-0.25, -0.2) is 8.78 Å². The van der Waals surface area contributed by atoms with E-state index in [-0.39, 0.29) is 12.1 Å². The number of ether oxygens (including phenoxy) is 1. The molecule has 2 N–H and O–H groups in total. The molecule has 6 nitrogen and oxygen atoms in total. The summed E-state index contributed by atoms with van der Waals surface area (Å²) in [6, 6.07) is 1.31. The van der Waals surface area contributed by atoms with E-state index in [1.807, 2.05) is 0 Å². The smallest absolute Gasteiger partial charge is 0.295 e. The van der Waals surface area contributed by atoms with E-state index in [1.165, 1.54) is 7.11 Å². The highest BCUT2D eigenvalue weighted by molar-refractivity contribution is 5.63. The first-order valence-electron chi connectivity index (χ1n) is 5.67. The Labute approximate surface area is 107 Å². The second-order valence-electron chi connectivity index (χ2n) is 4.20. The molecule has 1 aliphatic rings. The van der Waals surface area contributed by atoms with Gasteiger partial charge in [0.2, 0.25) is 0 Å². The van der Waals surface area contributed by atoms with Crippen LogP contribution in [0.15, 0.2) is 12.1 Å². The SMILES string of the molecule is CO[C@H]1CNCC1Nc1c([N+](=O)[O-])ccc(F)c1F. The van der Waals surface area contributed by atoms with Crippen LogP contribution in [0, 0.1) is 21.7 Å². The standard InChI is InChI=1S/C11H13F2N3O3/c1-19-9-5-14-4-7(9)15-11-8(16(17)18)3-2-6(12)10(11)13/h2-3,7,9,14-15H,4-5H2,1H3/t7?,9-/m0/s1. The Morgan fingerprint density at radius 2 is 2.21 bits per heavy atom. The molecule has 1 aromatic carbocycles. The maximum atomic E-state index is 13.7. The van der Waals surface area contributed by atoms with E-state index < -0.39 is 27.9 Å². The molecule has 0 spiro atoms. The summed E-state index contributed by atoms with van der Waals surface area (Å²) < 4.78 is 32.1.